The van der Waals surface area contributed by atoms with Crippen LogP contribution in [0.25, 0.3) is 0 Å². The Hall–Kier alpha value is -4.49. The van der Waals surface area contributed by atoms with E-state index >= 15 is 0 Å². The number of carbonyl (C=O) groups is 4. The lowest BCUT2D eigenvalue weighted by Crippen LogP contribution is -2.72. The molecule has 1 fully saturated rings. The van der Waals surface area contributed by atoms with Crippen LogP contribution in [0.1, 0.15) is 26.0 Å². The molecule has 0 bridgehead atoms. The number of rotatable bonds is 10. The van der Waals surface area contributed by atoms with Gasteiger partial charge in [0.2, 0.25) is 11.5 Å². The Bertz CT molecular complexity index is 1470. The van der Waals surface area contributed by atoms with Crippen LogP contribution in [0.15, 0.2) is 28.7 Å². The fraction of sp³-hybridized carbons (Fsp3) is 0.300. The zero-order valence-corrected chi connectivity index (χ0v) is 21.7. The quantitative estimate of drug-likeness (QED) is 0.0451. The van der Waals surface area contributed by atoms with E-state index in [2.05, 4.69) is 20.8 Å². The molecule has 0 saturated carbocycles. The minimum Gasteiger partial charge on any atom is -0.504 e. The fourth-order valence-electron chi connectivity index (χ4n) is 3.17. The van der Waals surface area contributed by atoms with E-state index in [4.69, 9.17) is 10.6 Å². The van der Waals surface area contributed by atoms with Crippen molar-refractivity contribution in [2.75, 3.05) is 11.1 Å². The summed E-state index contributed by atoms with van der Waals surface area (Å²) in [7, 11) is -5.14. The standard InChI is InChI=1S/C20H22N6O11S2/c1-20(2,18(32)33)37-25-14(9-7-38-19(21)23-9)16(30)24-15-10(26(17(15)31)39(34,35)36)6-13(29)22-8-3-4-11(27)12(28)5-8/h3-5,7,10,15,27-28H,6H2,1-2H3,(H2,21,23)(H,22,29)(H,24,30)(H,32,33)(H,34,35,36)/b25-14+/t10-,15-/m0/s1. The van der Waals surface area contributed by atoms with Gasteiger partial charge in [-0.05, 0) is 26.0 Å². The first-order valence-electron chi connectivity index (χ1n) is 10.7. The van der Waals surface area contributed by atoms with Crippen molar-refractivity contribution < 1.29 is 52.3 Å². The molecule has 0 aliphatic carbocycles. The molecule has 8 N–H and O–H groups in total. The van der Waals surface area contributed by atoms with Gasteiger partial charge < -0.3 is 36.5 Å². The van der Waals surface area contributed by atoms with E-state index in [0.29, 0.717) is 0 Å². The number of aromatic nitrogens is 1. The molecule has 17 nitrogen and oxygen atoms in total. The predicted octanol–water partition coefficient (Wildman–Crippen LogP) is -0.752. The summed E-state index contributed by atoms with van der Waals surface area (Å²) >= 11 is 0.904. The number of phenols is 2. The molecule has 0 spiro atoms. The molecule has 1 aliphatic rings. The third-order valence-corrected chi connectivity index (χ3v) is 6.84. The van der Waals surface area contributed by atoms with Gasteiger partial charge in [0.15, 0.2) is 22.3 Å². The number of hydrogen-bond acceptors (Lipinski definition) is 13. The van der Waals surface area contributed by atoms with Gasteiger partial charge in [0.1, 0.15) is 11.7 Å². The van der Waals surface area contributed by atoms with Crippen LogP contribution in [0.3, 0.4) is 0 Å². The molecule has 2 heterocycles. The number of benzene rings is 1. The summed E-state index contributed by atoms with van der Waals surface area (Å²) in [5, 5.41) is 37.5. The number of thiazole rings is 1. The predicted molar refractivity (Wildman–Crippen MR) is 133 cm³/mol. The Kier molecular flexibility index (Phi) is 7.98. The number of nitrogens with two attached hydrogens (primary N) is 1. The van der Waals surface area contributed by atoms with Crippen molar-refractivity contribution in [2.45, 2.75) is 38.0 Å². The summed E-state index contributed by atoms with van der Waals surface area (Å²) in [5.41, 5.74) is 2.94. The summed E-state index contributed by atoms with van der Waals surface area (Å²) in [4.78, 5) is 58.3. The third kappa shape index (κ3) is 6.51. The van der Waals surface area contributed by atoms with Gasteiger partial charge in [-0.3, -0.25) is 18.9 Å². The molecular formula is C20H22N6O11S2. The van der Waals surface area contributed by atoms with E-state index in [-0.39, 0.29) is 20.8 Å². The molecule has 39 heavy (non-hydrogen) atoms. The second-order valence-corrected chi connectivity index (χ2v) is 10.7. The zero-order chi connectivity index (χ0) is 29.3. The van der Waals surface area contributed by atoms with Gasteiger partial charge in [0.25, 0.3) is 11.8 Å². The summed E-state index contributed by atoms with van der Waals surface area (Å²) in [6.45, 7) is 2.29. The van der Waals surface area contributed by atoms with Crippen molar-refractivity contribution in [1.29, 1.82) is 0 Å². The lowest BCUT2D eigenvalue weighted by atomic mass is 9.94. The van der Waals surface area contributed by atoms with Crippen LogP contribution in [-0.4, -0.2) is 84.7 Å². The Morgan fingerprint density at radius 3 is 2.46 bits per heavy atom. The molecule has 1 aliphatic heterocycles. The number of β-lactam (4-membered cyclic amide) rings is 1. The van der Waals surface area contributed by atoms with E-state index in [1.807, 2.05) is 0 Å². The number of carbonyl (C=O) groups excluding carboxylic acids is 3. The van der Waals surface area contributed by atoms with Crippen molar-refractivity contribution >= 4 is 61.9 Å². The highest BCUT2D eigenvalue weighted by Gasteiger charge is 2.55. The van der Waals surface area contributed by atoms with Gasteiger partial charge in [-0.25, -0.2) is 14.1 Å². The van der Waals surface area contributed by atoms with E-state index in [1.165, 1.54) is 11.4 Å². The minimum atomic E-state index is -5.14. The second kappa shape index (κ2) is 10.7. The molecule has 2 atom stereocenters. The Morgan fingerprint density at radius 1 is 1.26 bits per heavy atom. The van der Waals surface area contributed by atoms with Crippen molar-refractivity contribution in [2.24, 2.45) is 5.16 Å². The number of nitrogens with one attached hydrogen (secondary N) is 2. The van der Waals surface area contributed by atoms with Crippen molar-refractivity contribution in [3.05, 3.63) is 29.3 Å². The molecule has 1 saturated heterocycles. The number of aliphatic carboxylic acids is 1. The highest BCUT2D eigenvalue weighted by atomic mass is 32.2. The summed E-state index contributed by atoms with van der Waals surface area (Å²) < 4.78 is 33.0. The molecule has 1 aromatic carbocycles. The molecule has 19 heteroatoms. The number of carboxylic acids is 1. The van der Waals surface area contributed by atoms with E-state index in [9.17, 15) is 47.5 Å². The topological polar surface area (TPSA) is 271 Å². The number of nitrogens with zero attached hydrogens (tertiary/aromatic N) is 3. The number of aromatic hydroxyl groups is 2. The molecule has 3 rings (SSSR count). The number of nitrogen functional groups attached to an aromatic ring is 1. The Labute approximate surface area is 223 Å². The largest absolute Gasteiger partial charge is 0.504 e. The SMILES string of the molecule is CC(C)(O/N=C(/C(=O)N[C@@H]1C(=O)N(S(=O)(=O)O)[C@H]1CC(=O)Nc1ccc(O)c(O)c1)c1csc(N)n1)C(=O)O. The maximum absolute atomic E-state index is 13.1. The van der Waals surface area contributed by atoms with E-state index < -0.39 is 75.3 Å². The fourth-order valence-corrected chi connectivity index (χ4v) is 4.60. The molecule has 2 aromatic rings. The van der Waals surface area contributed by atoms with Gasteiger partial charge in [-0.15, -0.1) is 11.3 Å². The highest BCUT2D eigenvalue weighted by molar-refractivity contribution is 7.84. The van der Waals surface area contributed by atoms with E-state index in [1.54, 1.807) is 0 Å². The molecular weight excluding hydrogens is 564 g/mol. The first kappa shape index (κ1) is 29.1. The van der Waals surface area contributed by atoms with Gasteiger partial charge in [-0.1, -0.05) is 5.16 Å². The van der Waals surface area contributed by atoms with Crippen LogP contribution in [0, 0.1) is 0 Å². The van der Waals surface area contributed by atoms with Crippen molar-refractivity contribution in [3.63, 3.8) is 0 Å². The van der Waals surface area contributed by atoms with Gasteiger partial charge in [0.05, 0.1) is 12.5 Å². The number of oxime groups is 1. The lowest BCUT2D eigenvalue weighted by molar-refractivity contribution is -0.161. The van der Waals surface area contributed by atoms with Gasteiger partial charge in [0, 0.05) is 17.1 Å². The third-order valence-electron chi connectivity index (χ3n) is 5.22. The molecule has 0 unspecified atom stereocenters. The van der Waals surface area contributed by atoms with E-state index in [0.717, 1.165) is 37.3 Å². The maximum atomic E-state index is 13.1. The van der Waals surface area contributed by atoms with Gasteiger partial charge >= 0.3 is 16.3 Å². The van der Waals surface area contributed by atoms with Crippen molar-refractivity contribution in [1.82, 2.24) is 14.6 Å². The normalized spacial score (nSPS) is 17.8. The summed E-state index contributed by atoms with van der Waals surface area (Å²) in [5.74, 6) is -5.78. The number of amides is 3. The molecule has 3 amide bonds. The monoisotopic (exact) mass is 586 g/mol. The molecule has 1 aromatic heterocycles. The summed E-state index contributed by atoms with van der Waals surface area (Å²) in [6, 6.07) is 0.0392. The van der Waals surface area contributed by atoms with Crippen LogP contribution in [0.5, 0.6) is 11.5 Å². The van der Waals surface area contributed by atoms with Crippen LogP contribution in [-0.2, 0) is 34.3 Å². The van der Waals surface area contributed by atoms with Crippen LogP contribution in [0.2, 0.25) is 0 Å². The lowest BCUT2D eigenvalue weighted by Gasteiger charge is -2.43. The zero-order valence-electron chi connectivity index (χ0n) is 20.1. The van der Waals surface area contributed by atoms with Crippen LogP contribution >= 0.6 is 11.3 Å². The first-order chi connectivity index (χ1) is 18.0. The van der Waals surface area contributed by atoms with Crippen LogP contribution < -0.4 is 16.4 Å². The number of anilines is 2. The molecule has 0 radical (unpaired) electrons. The number of hydrogen-bond donors (Lipinski definition) is 7. The average molecular weight is 587 g/mol. The highest BCUT2D eigenvalue weighted by Crippen LogP contribution is 2.29. The number of phenolic OH excluding ortho intramolecular Hbond substituents is 2. The second-order valence-electron chi connectivity index (χ2n) is 8.50. The van der Waals surface area contributed by atoms with Crippen LogP contribution in [0.4, 0.5) is 10.8 Å². The minimum absolute atomic E-state index is 0.00644. The Morgan fingerprint density at radius 2 is 1.92 bits per heavy atom. The van der Waals surface area contributed by atoms with Crippen molar-refractivity contribution in [3.8, 4) is 11.5 Å². The maximum Gasteiger partial charge on any atom is 0.362 e. The summed E-state index contributed by atoms with van der Waals surface area (Å²) in [6.07, 6.45) is -0.753. The van der Waals surface area contributed by atoms with Gasteiger partial charge in [-0.2, -0.15) is 8.42 Å². The average Bonchev–Trinajstić information content (AvgIpc) is 3.24. The first-order valence-corrected chi connectivity index (χ1v) is 12.9. The Balaban J connectivity index is 1.85. The smallest absolute Gasteiger partial charge is 0.362 e. The number of carboxylic acid groups (broad SMARTS) is 1. The molecule has 210 valence electrons.